The van der Waals surface area contributed by atoms with Crippen molar-refractivity contribution in [2.24, 2.45) is 0 Å². The number of benzene rings is 2. The largest absolute Gasteiger partial charge is 0.493 e. The molecule has 1 atom stereocenters. The first-order valence-electron chi connectivity index (χ1n) is 8.46. The number of rotatable bonds is 7. The zero-order chi connectivity index (χ0) is 20.0. The molecule has 146 valence electrons. The van der Waals surface area contributed by atoms with E-state index < -0.39 is 6.04 Å². The molecule has 0 bridgehead atoms. The minimum absolute atomic E-state index is 0.254. The average Bonchev–Trinajstić information content (AvgIpc) is 2.70. The minimum atomic E-state index is -0.411. The summed E-state index contributed by atoms with van der Waals surface area (Å²) in [6.07, 6.45) is 0. The lowest BCUT2D eigenvalue weighted by molar-refractivity contribution is 0.193. The summed E-state index contributed by atoms with van der Waals surface area (Å²) in [5.74, 6) is 1.16. The molecule has 2 amide bonds. The quantitative estimate of drug-likeness (QED) is 0.799. The van der Waals surface area contributed by atoms with E-state index in [1.807, 2.05) is 0 Å². The minimum Gasteiger partial charge on any atom is -0.493 e. The lowest BCUT2D eigenvalue weighted by Crippen LogP contribution is -2.38. The van der Waals surface area contributed by atoms with Crippen LogP contribution in [0.1, 0.15) is 24.1 Å². The first-order valence-corrected chi connectivity index (χ1v) is 8.46. The number of urea groups is 1. The Kier molecular flexibility index (Phi) is 6.87. The lowest BCUT2D eigenvalue weighted by Gasteiger charge is -2.26. The van der Waals surface area contributed by atoms with Crippen molar-refractivity contribution in [1.82, 2.24) is 10.2 Å². The van der Waals surface area contributed by atoms with Crippen LogP contribution in [0.4, 0.5) is 9.18 Å². The number of hydrogen-bond donors (Lipinski definition) is 1. The molecule has 0 aliphatic carbocycles. The van der Waals surface area contributed by atoms with Gasteiger partial charge in [-0.2, -0.15) is 0 Å². The van der Waals surface area contributed by atoms with Gasteiger partial charge in [0, 0.05) is 19.2 Å². The van der Waals surface area contributed by atoms with Crippen molar-refractivity contribution in [2.75, 3.05) is 28.4 Å². The first-order chi connectivity index (χ1) is 12.9. The Morgan fingerprint density at radius 1 is 1.11 bits per heavy atom. The van der Waals surface area contributed by atoms with Crippen molar-refractivity contribution in [3.63, 3.8) is 0 Å². The summed E-state index contributed by atoms with van der Waals surface area (Å²) >= 11 is 0. The van der Waals surface area contributed by atoms with Gasteiger partial charge in [-0.3, -0.25) is 0 Å². The highest BCUT2D eigenvalue weighted by Gasteiger charge is 2.20. The van der Waals surface area contributed by atoms with Crippen molar-refractivity contribution in [3.8, 4) is 17.2 Å². The number of carbonyl (C=O) groups is 1. The molecule has 2 aromatic carbocycles. The standard InChI is InChI=1S/C20H25FN2O4/c1-13(15-8-6-7-9-16(15)21)23(2)20(24)22-12-14-10-17(25-3)19(27-5)18(11-14)26-4/h6-11,13H,12H2,1-5H3,(H,22,24). The van der Waals surface area contributed by atoms with Crippen molar-refractivity contribution < 1.29 is 23.4 Å². The number of nitrogens with one attached hydrogen (secondary N) is 1. The van der Waals surface area contributed by atoms with Crippen LogP contribution in [0.25, 0.3) is 0 Å². The Hall–Kier alpha value is -2.96. The molecule has 0 spiro atoms. The normalized spacial score (nSPS) is 11.5. The third-order valence-corrected chi connectivity index (χ3v) is 4.42. The molecule has 27 heavy (non-hydrogen) atoms. The second-order valence-corrected chi connectivity index (χ2v) is 6.00. The molecule has 0 radical (unpaired) electrons. The van der Waals surface area contributed by atoms with Crippen LogP contribution in [0.2, 0.25) is 0 Å². The van der Waals surface area contributed by atoms with Crippen LogP contribution >= 0.6 is 0 Å². The van der Waals surface area contributed by atoms with Crippen molar-refractivity contribution in [2.45, 2.75) is 19.5 Å². The number of hydrogen-bond acceptors (Lipinski definition) is 4. The summed E-state index contributed by atoms with van der Waals surface area (Å²) in [6.45, 7) is 2.03. The highest BCUT2D eigenvalue weighted by atomic mass is 19.1. The maximum atomic E-state index is 14.0. The summed E-state index contributed by atoms with van der Waals surface area (Å²) in [7, 11) is 6.22. The SMILES string of the molecule is COc1cc(CNC(=O)N(C)C(C)c2ccccc2F)cc(OC)c1OC. The molecular formula is C20H25FN2O4. The number of methoxy groups -OCH3 is 3. The van der Waals surface area contributed by atoms with E-state index in [4.69, 9.17) is 14.2 Å². The van der Waals surface area contributed by atoms with Crippen LogP contribution in [0.5, 0.6) is 17.2 Å². The molecular weight excluding hydrogens is 351 g/mol. The molecule has 0 aromatic heterocycles. The van der Waals surface area contributed by atoms with E-state index in [0.29, 0.717) is 22.8 Å². The van der Waals surface area contributed by atoms with Gasteiger partial charge in [-0.05, 0) is 30.7 Å². The Labute approximate surface area is 158 Å². The van der Waals surface area contributed by atoms with Crippen LogP contribution in [0.3, 0.4) is 0 Å². The van der Waals surface area contributed by atoms with Crippen LogP contribution in [-0.4, -0.2) is 39.3 Å². The molecule has 2 aromatic rings. The Balaban J connectivity index is 2.09. The van der Waals surface area contributed by atoms with Gasteiger partial charge in [-0.25, -0.2) is 9.18 Å². The number of amides is 2. The fourth-order valence-corrected chi connectivity index (χ4v) is 2.74. The third kappa shape index (κ3) is 4.61. The lowest BCUT2D eigenvalue weighted by atomic mass is 10.1. The van der Waals surface area contributed by atoms with E-state index in [1.165, 1.54) is 32.3 Å². The molecule has 1 unspecified atom stereocenters. The van der Waals surface area contributed by atoms with Gasteiger partial charge in [0.05, 0.1) is 27.4 Å². The van der Waals surface area contributed by atoms with Gasteiger partial charge < -0.3 is 24.4 Å². The average molecular weight is 376 g/mol. The van der Waals surface area contributed by atoms with Crippen molar-refractivity contribution >= 4 is 6.03 Å². The molecule has 0 heterocycles. The van der Waals surface area contributed by atoms with Gasteiger partial charge in [-0.15, -0.1) is 0 Å². The van der Waals surface area contributed by atoms with E-state index in [2.05, 4.69) is 5.32 Å². The first kappa shape index (κ1) is 20.4. The number of halogens is 1. The maximum absolute atomic E-state index is 14.0. The summed E-state index contributed by atoms with van der Waals surface area (Å²) in [6, 6.07) is 9.22. The molecule has 0 saturated carbocycles. The van der Waals surface area contributed by atoms with E-state index in [9.17, 15) is 9.18 Å². The molecule has 0 saturated heterocycles. The zero-order valence-electron chi connectivity index (χ0n) is 16.2. The summed E-state index contributed by atoms with van der Waals surface area (Å²) < 4.78 is 29.9. The van der Waals surface area contributed by atoms with Crippen LogP contribution < -0.4 is 19.5 Å². The smallest absolute Gasteiger partial charge is 0.317 e. The van der Waals surface area contributed by atoms with Gasteiger partial charge in [0.2, 0.25) is 5.75 Å². The van der Waals surface area contributed by atoms with Gasteiger partial charge in [-0.1, -0.05) is 18.2 Å². The van der Waals surface area contributed by atoms with Crippen LogP contribution in [0, 0.1) is 5.82 Å². The second-order valence-electron chi connectivity index (χ2n) is 6.00. The predicted molar refractivity (Wildman–Crippen MR) is 101 cm³/mol. The molecule has 1 N–H and O–H groups in total. The maximum Gasteiger partial charge on any atom is 0.317 e. The third-order valence-electron chi connectivity index (χ3n) is 4.42. The van der Waals surface area contributed by atoms with Crippen LogP contribution in [0.15, 0.2) is 36.4 Å². The van der Waals surface area contributed by atoms with Crippen molar-refractivity contribution in [1.29, 1.82) is 0 Å². The second kappa shape index (κ2) is 9.12. The van der Waals surface area contributed by atoms with Gasteiger partial charge in [0.15, 0.2) is 11.5 Å². The fourth-order valence-electron chi connectivity index (χ4n) is 2.74. The molecule has 7 heteroatoms. The summed E-state index contributed by atoms with van der Waals surface area (Å²) in [4.78, 5) is 13.9. The number of nitrogens with zero attached hydrogens (tertiary/aromatic N) is 1. The zero-order valence-corrected chi connectivity index (χ0v) is 16.2. The van der Waals surface area contributed by atoms with E-state index in [1.54, 1.807) is 44.3 Å². The van der Waals surface area contributed by atoms with Gasteiger partial charge in [0.1, 0.15) is 5.82 Å². The molecule has 6 nitrogen and oxygen atoms in total. The summed E-state index contributed by atoms with van der Waals surface area (Å²) in [5, 5.41) is 2.82. The number of carbonyl (C=O) groups excluding carboxylic acids is 1. The fraction of sp³-hybridized carbons (Fsp3) is 0.350. The Morgan fingerprint density at radius 3 is 2.22 bits per heavy atom. The summed E-state index contributed by atoms with van der Waals surface area (Å²) in [5.41, 5.74) is 1.24. The molecule has 2 rings (SSSR count). The number of ether oxygens (including phenoxy) is 3. The molecule has 0 aliphatic rings. The molecule has 0 aliphatic heterocycles. The van der Waals surface area contributed by atoms with E-state index in [0.717, 1.165) is 5.56 Å². The highest BCUT2D eigenvalue weighted by Crippen LogP contribution is 2.38. The van der Waals surface area contributed by atoms with Gasteiger partial charge >= 0.3 is 6.03 Å². The Morgan fingerprint density at radius 2 is 1.70 bits per heavy atom. The van der Waals surface area contributed by atoms with E-state index in [-0.39, 0.29) is 18.4 Å². The molecule has 0 fully saturated rings. The monoisotopic (exact) mass is 376 g/mol. The predicted octanol–water partition coefficient (Wildman–Crippen LogP) is 3.75. The van der Waals surface area contributed by atoms with Crippen molar-refractivity contribution in [3.05, 3.63) is 53.3 Å². The highest BCUT2D eigenvalue weighted by molar-refractivity contribution is 5.74. The Bertz CT molecular complexity index is 772. The van der Waals surface area contributed by atoms with E-state index >= 15 is 0 Å². The topological polar surface area (TPSA) is 60.0 Å². The van der Waals surface area contributed by atoms with Gasteiger partial charge in [0.25, 0.3) is 0 Å². The van der Waals surface area contributed by atoms with Crippen LogP contribution in [-0.2, 0) is 6.54 Å².